The summed E-state index contributed by atoms with van der Waals surface area (Å²) in [6.45, 7) is 0. The van der Waals surface area contributed by atoms with Gasteiger partial charge in [-0.2, -0.15) is 5.26 Å². The van der Waals surface area contributed by atoms with Gasteiger partial charge in [-0.25, -0.2) is 0 Å². The van der Waals surface area contributed by atoms with Gasteiger partial charge in [-0.05, 0) is 42.5 Å². The van der Waals surface area contributed by atoms with Crippen LogP contribution >= 0.6 is 11.6 Å². The highest BCUT2D eigenvalue weighted by atomic mass is 35.5. The lowest BCUT2D eigenvalue weighted by Gasteiger charge is -2.07. The van der Waals surface area contributed by atoms with Gasteiger partial charge < -0.3 is 20.1 Å². The van der Waals surface area contributed by atoms with Crippen LogP contribution in [0.4, 0.5) is 11.4 Å². The molecule has 0 unspecified atom stereocenters. The van der Waals surface area contributed by atoms with Gasteiger partial charge in [0.05, 0.1) is 19.2 Å². The Hall–Kier alpha value is -3.17. The van der Waals surface area contributed by atoms with Crippen molar-refractivity contribution in [3.63, 3.8) is 0 Å². The van der Waals surface area contributed by atoms with E-state index < -0.39 is 5.91 Å². The van der Waals surface area contributed by atoms with Gasteiger partial charge in [0, 0.05) is 17.6 Å². The van der Waals surface area contributed by atoms with Gasteiger partial charge in [0.2, 0.25) is 0 Å². The Kier molecular flexibility index (Phi) is 6.26. The smallest absolute Gasteiger partial charge is 0.267 e. The molecule has 0 aromatic heterocycles. The summed E-state index contributed by atoms with van der Waals surface area (Å²) in [6.07, 6.45) is 1.32. The minimum absolute atomic E-state index is 0.0808. The summed E-state index contributed by atoms with van der Waals surface area (Å²) in [5, 5.41) is 15.1. The molecule has 128 valence electrons. The Morgan fingerprint density at radius 3 is 2.36 bits per heavy atom. The lowest BCUT2D eigenvalue weighted by atomic mass is 10.2. The van der Waals surface area contributed by atoms with Crippen molar-refractivity contribution in [1.82, 2.24) is 0 Å². The van der Waals surface area contributed by atoms with Crippen LogP contribution in [-0.4, -0.2) is 20.1 Å². The summed E-state index contributed by atoms with van der Waals surface area (Å²) in [5.41, 5.74) is 1.10. The van der Waals surface area contributed by atoms with E-state index in [1.807, 2.05) is 6.07 Å². The van der Waals surface area contributed by atoms with E-state index in [0.717, 1.165) is 0 Å². The molecular weight excluding hydrogens is 342 g/mol. The topological polar surface area (TPSA) is 83.4 Å². The molecule has 2 aromatic rings. The molecule has 1 amide bonds. The van der Waals surface area contributed by atoms with Crippen LogP contribution in [0.5, 0.6) is 11.5 Å². The largest absolute Gasteiger partial charge is 0.497 e. The highest BCUT2D eigenvalue weighted by Crippen LogP contribution is 2.27. The molecule has 0 spiro atoms. The maximum Gasteiger partial charge on any atom is 0.267 e. The van der Waals surface area contributed by atoms with Crippen LogP contribution in [0.1, 0.15) is 0 Å². The number of nitriles is 1. The Bertz CT molecular complexity index is 826. The summed E-state index contributed by atoms with van der Waals surface area (Å²) in [7, 11) is 3.08. The maximum atomic E-state index is 12.2. The molecule has 0 saturated carbocycles. The average Bonchev–Trinajstić information content (AvgIpc) is 2.63. The lowest BCUT2D eigenvalue weighted by molar-refractivity contribution is -0.112. The number of carbonyl (C=O) groups is 1. The number of rotatable bonds is 6. The third kappa shape index (κ3) is 4.90. The van der Waals surface area contributed by atoms with E-state index in [1.165, 1.54) is 13.3 Å². The minimum Gasteiger partial charge on any atom is -0.497 e. The minimum atomic E-state index is -0.528. The normalized spacial score (nSPS) is 10.6. The molecule has 6 nitrogen and oxygen atoms in total. The van der Waals surface area contributed by atoms with Crippen LogP contribution in [0.3, 0.4) is 0 Å². The van der Waals surface area contributed by atoms with Crippen molar-refractivity contribution in [3.05, 3.63) is 59.3 Å². The number of benzene rings is 2. The summed E-state index contributed by atoms with van der Waals surface area (Å²) in [4.78, 5) is 12.2. The van der Waals surface area contributed by atoms with E-state index in [1.54, 1.807) is 49.6 Å². The first-order chi connectivity index (χ1) is 12.1. The molecule has 2 rings (SSSR count). The molecule has 0 heterocycles. The van der Waals surface area contributed by atoms with Crippen molar-refractivity contribution in [3.8, 4) is 17.6 Å². The van der Waals surface area contributed by atoms with Crippen LogP contribution in [0.25, 0.3) is 0 Å². The van der Waals surface area contributed by atoms with Gasteiger partial charge >= 0.3 is 0 Å². The van der Waals surface area contributed by atoms with Gasteiger partial charge in [0.1, 0.15) is 23.1 Å². The van der Waals surface area contributed by atoms with Crippen LogP contribution in [0.2, 0.25) is 5.02 Å². The average molecular weight is 358 g/mol. The Morgan fingerprint density at radius 1 is 1.12 bits per heavy atom. The fourth-order valence-electron chi connectivity index (χ4n) is 1.93. The molecule has 0 aliphatic heterocycles. The zero-order valence-corrected chi connectivity index (χ0v) is 14.4. The fourth-order valence-corrected chi connectivity index (χ4v) is 2.19. The van der Waals surface area contributed by atoms with Crippen molar-refractivity contribution in [2.24, 2.45) is 0 Å². The molecule has 25 heavy (non-hydrogen) atoms. The van der Waals surface area contributed by atoms with Crippen LogP contribution in [0.15, 0.2) is 54.2 Å². The van der Waals surface area contributed by atoms with E-state index >= 15 is 0 Å². The standard InChI is InChI=1S/C18H16ClN3O3/c1-24-15-6-3-13(4-7-15)22-18(23)12(10-20)11-21-14-5-8-17(25-2)16(19)9-14/h3-9,11,21H,1-2H3,(H,22,23)/b12-11-. The van der Waals surface area contributed by atoms with Crippen molar-refractivity contribution < 1.29 is 14.3 Å². The molecular formula is C18H16ClN3O3. The van der Waals surface area contributed by atoms with Crippen LogP contribution < -0.4 is 20.1 Å². The molecule has 2 N–H and O–H groups in total. The van der Waals surface area contributed by atoms with Crippen molar-refractivity contribution >= 4 is 28.9 Å². The number of nitrogens with one attached hydrogen (secondary N) is 2. The second-order valence-corrected chi connectivity index (χ2v) is 5.25. The van der Waals surface area contributed by atoms with Gasteiger partial charge in [-0.15, -0.1) is 0 Å². The van der Waals surface area contributed by atoms with E-state index in [-0.39, 0.29) is 5.57 Å². The molecule has 0 bridgehead atoms. The second-order valence-electron chi connectivity index (χ2n) is 4.85. The number of hydrogen-bond acceptors (Lipinski definition) is 5. The summed E-state index contributed by atoms with van der Waals surface area (Å²) in [5.74, 6) is 0.681. The third-order valence-corrected chi connectivity index (χ3v) is 3.54. The summed E-state index contributed by atoms with van der Waals surface area (Å²) >= 11 is 6.03. The predicted octanol–water partition coefficient (Wildman–Crippen LogP) is 3.82. The van der Waals surface area contributed by atoms with Crippen LogP contribution in [-0.2, 0) is 4.79 Å². The highest BCUT2D eigenvalue weighted by Gasteiger charge is 2.09. The number of ether oxygens (including phenoxy) is 2. The Morgan fingerprint density at radius 2 is 1.80 bits per heavy atom. The fraction of sp³-hybridized carbons (Fsp3) is 0.111. The van der Waals surface area contributed by atoms with Crippen molar-refractivity contribution in [1.29, 1.82) is 5.26 Å². The molecule has 0 saturated heterocycles. The zero-order valence-electron chi connectivity index (χ0n) is 13.7. The van der Waals surface area contributed by atoms with E-state index in [9.17, 15) is 10.1 Å². The predicted molar refractivity (Wildman–Crippen MR) is 96.9 cm³/mol. The molecule has 0 radical (unpaired) electrons. The quantitative estimate of drug-likeness (QED) is 0.606. The first-order valence-electron chi connectivity index (χ1n) is 7.23. The molecule has 0 aliphatic carbocycles. The first-order valence-corrected chi connectivity index (χ1v) is 7.61. The van der Waals surface area contributed by atoms with Gasteiger partial charge in [0.15, 0.2) is 0 Å². The van der Waals surface area contributed by atoms with E-state index in [4.69, 9.17) is 21.1 Å². The zero-order chi connectivity index (χ0) is 18.2. The SMILES string of the molecule is COc1ccc(NC(=O)/C(C#N)=C\Nc2ccc(OC)c(Cl)c2)cc1. The number of nitrogens with zero attached hydrogens (tertiary/aromatic N) is 1. The van der Waals surface area contributed by atoms with E-state index in [2.05, 4.69) is 10.6 Å². The summed E-state index contributed by atoms with van der Waals surface area (Å²) in [6, 6.07) is 13.7. The van der Waals surface area contributed by atoms with Crippen molar-refractivity contribution in [2.45, 2.75) is 0 Å². The number of carbonyl (C=O) groups excluding carboxylic acids is 1. The molecule has 0 fully saturated rings. The molecule has 0 aliphatic rings. The summed E-state index contributed by atoms with van der Waals surface area (Å²) < 4.78 is 10.1. The Balaban J connectivity index is 2.07. The monoisotopic (exact) mass is 357 g/mol. The van der Waals surface area contributed by atoms with Gasteiger partial charge in [-0.3, -0.25) is 4.79 Å². The van der Waals surface area contributed by atoms with E-state index in [0.29, 0.717) is 27.9 Å². The second kappa shape index (κ2) is 8.62. The van der Waals surface area contributed by atoms with Crippen molar-refractivity contribution in [2.75, 3.05) is 24.9 Å². The number of hydrogen-bond donors (Lipinski definition) is 2. The Labute approximate surface area is 150 Å². The third-order valence-electron chi connectivity index (χ3n) is 3.25. The van der Waals surface area contributed by atoms with Gasteiger partial charge in [-0.1, -0.05) is 11.6 Å². The van der Waals surface area contributed by atoms with Gasteiger partial charge in [0.25, 0.3) is 5.91 Å². The molecule has 0 atom stereocenters. The highest BCUT2D eigenvalue weighted by molar-refractivity contribution is 6.32. The number of anilines is 2. The number of amides is 1. The van der Waals surface area contributed by atoms with Crippen LogP contribution in [0, 0.1) is 11.3 Å². The molecule has 7 heteroatoms. The molecule has 2 aromatic carbocycles. The maximum absolute atomic E-state index is 12.2. The first kappa shape index (κ1) is 18.2. The number of halogens is 1. The number of methoxy groups -OCH3 is 2. The lowest BCUT2D eigenvalue weighted by Crippen LogP contribution is -2.14.